The monoisotopic (exact) mass is 182 g/mol. The molecule has 5 heteroatoms. The predicted molar refractivity (Wildman–Crippen MR) is 48.2 cm³/mol. The molecule has 0 heterocycles. The maximum absolute atomic E-state index is 10.5. The highest BCUT2D eigenvalue weighted by Crippen LogP contribution is 2.24. The van der Waals surface area contributed by atoms with Crippen molar-refractivity contribution in [1.82, 2.24) is 0 Å². The number of aliphatic hydroxyl groups excluding tert-OH is 1. The molecule has 5 nitrogen and oxygen atoms in total. The minimum atomic E-state index is -0.492. The molecule has 0 atom stereocenters. The molecule has 13 heavy (non-hydrogen) atoms. The van der Waals surface area contributed by atoms with Gasteiger partial charge in [0.25, 0.3) is 5.69 Å². The van der Waals surface area contributed by atoms with Crippen molar-refractivity contribution in [1.29, 1.82) is 0 Å². The summed E-state index contributed by atoms with van der Waals surface area (Å²) in [4.78, 5) is 9.99. The van der Waals surface area contributed by atoms with E-state index in [1.165, 1.54) is 12.1 Å². The molecule has 1 rings (SSSR count). The van der Waals surface area contributed by atoms with Crippen molar-refractivity contribution in [3.63, 3.8) is 0 Å². The van der Waals surface area contributed by atoms with Crippen molar-refractivity contribution < 1.29 is 10.0 Å². The van der Waals surface area contributed by atoms with Crippen LogP contribution in [0, 0.1) is 17.0 Å². The van der Waals surface area contributed by atoms with Crippen molar-refractivity contribution >= 4 is 11.4 Å². The molecule has 0 radical (unpaired) electrons. The van der Waals surface area contributed by atoms with E-state index in [4.69, 9.17) is 10.8 Å². The largest absolute Gasteiger partial charge is 0.398 e. The van der Waals surface area contributed by atoms with E-state index in [0.717, 1.165) is 0 Å². The van der Waals surface area contributed by atoms with Crippen molar-refractivity contribution in [3.8, 4) is 0 Å². The van der Waals surface area contributed by atoms with Crippen LogP contribution in [0.5, 0.6) is 0 Å². The predicted octanol–water partition coefficient (Wildman–Crippen LogP) is 0.978. The Balaban J connectivity index is 3.30. The van der Waals surface area contributed by atoms with Gasteiger partial charge in [-0.2, -0.15) is 0 Å². The highest BCUT2D eigenvalue weighted by atomic mass is 16.6. The van der Waals surface area contributed by atoms with E-state index in [0.29, 0.717) is 16.8 Å². The molecule has 0 saturated heterocycles. The number of aliphatic hydroxyl groups is 1. The summed E-state index contributed by atoms with van der Waals surface area (Å²) in [6.45, 7) is 1.32. The molecule has 0 aromatic heterocycles. The zero-order valence-electron chi connectivity index (χ0n) is 7.15. The van der Waals surface area contributed by atoms with Crippen LogP contribution in [0.2, 0.25) is 0 Å². The van der Waals surface area contributed by atoms with E-state index in [1.807, 2.05) is 0 Å². The molecule has 0 fully saturated rings. The molecule has 0 aliphatic heterocycles. The summed E-state index contributed by atoms with van der Waals surface area (Å²) < 4.78 is 0. The summed E-state index contributed by atoms with van der Waals surface area (Å²) in [5.41, 5.74) is 6.77. The van der Waals surface area contributed by atoms with Crippen molar-refractivity contribution in [3.05, 3.63) is 33.4 Å². The first-order valence-electron chi connectivity index (χ1n) is 3.70. The lowest BCUT2D eigenvalue weighted by Crippen LogP contribution is -1.99. The fourth-order valence-electron chi connectivity index (χ4n) is 1.10. The Bertz CT molecular complexity index is 349. The molecular weight excluding hydrogens is 172 g/mol. The molecule has 0 bridgehead atoms. The Kier molecular flexibility index (Phi) is 2.48. The van der Waals surface area contributed by atoms with E-state index >= 15 is 0 Å². The van der Waals surface area contributed by atoms with Gasteiger partial charge in [-0.05, 0) is 13.0 Å². The van der Waals surface area contributed by atoms with Crippen LogP contribution in [0.25, 0.3) is 0 Å². The molecular formula is C8H10N2O3. The second-order valence-corrected chi connectivity index (χ2v) is 2.75. The molecule has 0 aliphatic carbocycles. The van der Waals surface area contributed by atoms with Crippen molar-refractivity contribution in [2.45, 2.75) is 13.5 Å². The number of anilines is 1. The van der Waals surface area contributed by atoms with Crippen molar-refractivity contribution in [2.24, 2.45) is 0 Å². The van der Waals surface area contributed by atoms with Gasteiger partial charge in [0.15, 0.2) is 0 Å². The SMILES string of the molecule is Cc1cc(N)c(CO)cc1[N+](=O)[O-]. The summed E-state index contributed by atoms with van der Waals surface area (Å²) in [6.07, 6.45) is 0. The van der Waals surface area contributed by atoms with E-state index in [2.05, 4.69) is 0 Å². The van der Waals surface area contributed by atoms with E-state index in [1.54, 1.807) is 6.92 Å². The highest BCUT2D eigenvalue weighted by Gasteiger charge is 2.12. The Morgan fingerprint density at radius 3 is 2.69 bits per heavy atom. The minimum absolute atomic E-state index is 0.0155. The summed E-state index contributed by atoms with van der Waals surface area (Å²) in [7, 11) is 0. The van der Waals surface area contributed by atoms with Gasteiger partial charge in [-0.15, -0.1) is 0 Å². The first-order chi connectivity index (χ1) is 6.06. The number of aryl methyl sites for hydroxylation is 1. The third kappa shape index (κ3) is 1.75. The Morgan fingerprint density at radius 2 is 2.23 bits per heavy atom. The van der Waals surface area contributed by atoms with E-state index < -0.39 is 4.92 Å². The second kappa shape index (κ2) is 3.40. The van der Waals surface area contributed by atoms with Gasteiger partial charge in [-0.25, -0.2) is 0 Å². The zero-order valence-corrected chi connectivity index (χ0v) is 7.15. The Labute approximate surface area is 74.9 Å². The first kappa shape index (κ1) is 9.47. The molecule has 0 aliphatic rings. The quantitative estimate of drug-likeness (QED) is 0.405. The van der Waals surface area contributed by atoms with Gasteiger partial charge in [0.05, 0.1) is 11.5 Å². The number of nitrogen functional groups attached to an aromatic ring is 1. The Morgan fingerprint density at radius 1 is 1.62 bits per heavy atom. The summed E-state index contributed by atoms with van der Waals surface area (Å²) in [5.74, 6) is 0. The lowest BCUT2D eigenvalue weighted by Gasteiger charge is -2.03. The van der Waals surface area contributed by atoms with Gasteiger partial charge >= 0.3 is 0 Å². The number of hydrogen-bond donors (Lipinski definition) is 2. The van der Waals surface area contributed by atoms with Crippen LogP contribution in [0.1, 0.15) is 11.1 Å². The molecule has 3 N–H and O–H groups in total. The number of nitrogens with zero attached hydrogens (tertiary/aromatic N) is 1. The van der Waals surface area contributed by atoms with Crippen LogP contribution < -0.4 is 5.73 Å². The van der Waals surface area contributed by atoms with Crippen LogP contribution in [-0.2, 0) is 6.61 Å². The minimum Gasteiger partial charge on any atom is -0.398 e. The van der Waals surface area contributed by atoms with Crippen LogP contribution >= 0.6 is 0 Å². The zero-order chi connectivity index (χ0) is 10.0. The molecule has 0 spiro atoms. The van der Waals surface area contributed by atoms with E-state index in [-0.39, 0.29) is 12.3 Å². The van der Waals surface area contributed by atoms with Gasteiger partial charge in [0, 0.05) is 22.9 Å². The van der Waals surface area contributed by atoms with Gasteiger partial charge in [-0.3, -0.25) is 10.1 Å². The maximum Gasteiger partial charge on any atom is 0.272 e. The maximum atomic E-state index is 10.5. The topological polar surface area (TPSA) is 89.4 Å². The van der Waals surface area contributed by atoms with Gasteiger partial charge in [0.2, 0.25) is 0 Å². The van der Waals surface area contributed by atoms with Crippen LogP contribution in [0.15, 0.2) is 12.1 Å². The number of nitrogens with two attached hydrogens (primary N) is 1. The lowest BCUT2D eigenvalue weighted by molar-refractivity contribution is -0.385. The molecule has 1 aromatic rings. The van der Waals surface area contributed by atoms with E-state index in [9.17, 15) is 10.1 Å². The van der Waals surface area contributed by atoms with Crippen LogP contribution in [0.3, 0.4) is 0 Å². The normalized spacial score (nSPS) is 10.0. The number of nitro benzene ring substituents is 1. The highest BCUT2D eigenvalue weighted by molar-refractivity contribution is 5.56. The summed E-state index contributed by atoms with van der Waals surface area (Å²) in [6, 6.07) is 2.79. The number of rotatable bonds is 2. The van der Waals surface area contributed by atoms with Crippen LogP contribution in [-0.4, -0.2) is 10.0 Å². The summed E-state index contributed by atoms with van der Waals surface area (Å²) in [5, 5.41) is 19.3. The fraction of sp³-hybridized carbons (Fsp3) is 0.250. The van der Waals surface area contributed by atoms with Gasteiger partial charge in [0.1, 0.15) is 0 Å². The molecule has 1 aromatic carbocycles. The molecule has 0 saturated carbocycles. The van der Waals surface area contributed by atoms with Gasteiger partial charge < -0.3 is 10.8 Å². The van der Waals surface area contributed by atoms with Gasteiger partial charge in [-0.1, -0.05) is 0 Å². The second-order valence-electron chi connectivity index (χ2n) is 2.75. The van der Waals surface area contributed by atoms with Crippen LogP contribution in [0.4, 0.5) is 11.4 Å². The first-order valence-corrected chi connectivity index (χ1v) is 3.70. The van der Waals surface area contributed by atoms with Crippen molar-refractivity contribution in [2.75, 3.05) is 5.73 Å². The average molecular weight is 182 g/mol. The lowest BCUT2D eigenvalue weighted by atomic mass is 10.1. The summed E-state index contributed by atoms with van der Waals surface area (Å²) >= 11 is 0. The number of benzene rings is 1. The fourth-order valence-corrected chi connectivity index (χ4v) is 1.10. The molecule has 0 unspecified atom stereocenters. The standard InChI is InChI=1S/C8H10N2O3/c1-5-2-7(9)6(4-11)3-8(5)10(12)13/h2-3,11H,4,9H2,1H3. The average Bonchev–Trinajstić information content (AvgIpc) is 2.03. The third-order valence-corrected chi connectivity index (χ3v) is 1.82. The molecule has 0 amide bonds. The smallest absolute Gasteiger partial charge is 0.272 e. The third-order valence-electron chi connectivity index (χ3n) is 1.82. The Hall–Kier alpha value is -1.62. The number of nitro groups is 1. The molecule has 70 valence electrons. The number of hydrogen-bond acceptors (Lipinski definition) is 4.